The number of nitrogens with zero attached hydrogens (tertiary/aromatic N) is 2. The van der Waals surface area contributed by atoms with E-state index in [1.54, 1.807) is 12.1 Å². The van der Waals surface area contributed by atoms with Crippen molar-refractivity contribution >= 4 is 17.5 Å². The predicted octanol–water partition coefficient (Wildman–Crippen LogP) is 1.20. The van der Waals surface area contributed by atoms with Crippen LogP contribution in [0.5, 0.6) is 0 Å². The molecule has 0 aliphatic heterocycles. The number of halogens is 1. The number of aromatic nitrogens is 2. The van der Waals surface area contributed by atoms with Gasteiger partial charge in [0, 0.05) is 6.54 Å². The third kappa shape index (κ3) is 3.70. The molecule has 0 aliphatic rings. The maximum absolute atomic E-state index is 11.2. The third-order valence-corrected chi connectivity index (χ3v) is 1.80. The van der Waals surface area contributed by atoms with Crippen LogP contribution >= 0.6 is 11.6 Å². The Morgan fingerprint density at radius 3 is 2.86 bits per heavy atom. The summed E-state index contributed by atoms with van der Waals surface area (Å²) >= 11 is 5.56. The zero-order chi connectivity index (χ0) is 10.4. The van der Waals surface area contributed by atoms with Crippen molar-refractivity contribution in [1.29, 1.82) is 0 Å². The lowest BCUT2D eigenvalue weighted by Gasteiger charge is -2.01. The van der Waals surface area contributed by atoms with Crippen LogP contribution in [0.2, 0.25) is 5.15 Å². The highest BCUT2D eigenvalue weighted by Gasteiger charge is 2.03. The molecule has 1 heterocycles. The van der Waals surface area contributed by atoms with Gasteiger partial charge in [0.1, 0.15) is 0 Å². The van der Waals surface area contributed by atoms with Crippen molar-refractivity contribution in [1.82, 2.24) is 15.5 Å². The molecule has 1 amide bonds. The van der Waals surface area contributed by atoms with Gasteiger partial charge in [0.25, 0.3) is 0 Å². The van der Waals surface area contributed by atoms with Crippen LogP contribution in [0.15, 0.2) is 12.1 Å². The maximum atomic E-state index is 11.2. The Balaban J connectivity index is 2.44. The highest BCUT2D eigenvalue weighted by Crippen LogP contribution is 2.02. The van der Waals surface area contributed by atoms with E-state index >= 15 is 0 Å². The molecular weight excluding hydrogens is 202 g/mol. The number of hydrogen-bond donors (Lipinski definition) is 1. The van der Waals surface area contributed by atoms with Crippen LogP contribution in [0.25, 0.3) is 0 Å². The van der Waals surface area contributed by atoms with E-state index in [1.165, 1.54) is 0 Å². The molecule has 0 unspecified atom stereocenters. The molecule has 1 aromatic heterocycles. The minimum Gasteiger partial charge on any atom is -0.356 e. The van der Waals surface area contributed by atoms with Crippen LogP contribution in [0, 0.1) is 0 Å². The first-order chi connectivity index (χ1) is 6.72. The molecule has 0 atom stereocenters. The van der Waals surface area contributed by atoms with E-state index in [1.807, 2.05) is 6.92 Å². The van der Waals surface area contributed by atoms with Gasteiger partial charge >= 0.3 is 0 Å². The fraction of sp³-hybridized carbons (Fsp3) is 0.444. The second kappa shape index (κ2) is 5.54. The fourth-order valence-corrected chi connectivity index (χ4v) is 1.03. The van der Waals surface area contributed by atoms with Gasteiger partial charge in [-0.1, -0.05) is 18.5 Å². The summed E-state index contributed by atoms with van der Waals surface area (Å²) in [6.07, 6.45) is 1.18. The van der Waals surface area contributed by atoms with Crippen LogP contribution < -0.4 is 5.32 Å². The largest absolute Gasteiger partial charge is 0.356 e. The Morgan fingerprint density at radius 1 is 1.50 bits per heavy atom. The van der Waals surface area contributed by atoms with Crippen LogP contribution in [-0.2, 0) is 11.2 Å². The van der Waals surface area contributed by atoms with Crippen molar-refractivity contribution in [3.8, 4) is 0 Å². The smallest absolute Gasteiger partial charge is 0.226 e. The van der Waals surface area contributed by atoms with Crippen LogP contribution in [0.1, 0.15) is 19.0 Å². The van der Waals surface area contributed by atoms with E-state index in [2.05, 4.69) is 15.5 Å². The number of nitrogens with one attached hydrogen (secondary N) is 1. The minimum atomic E-state index is -0.0385. The highest BCUT2D eigenvalue weighted by molar-refractivity contribution is 6.29. The second-order valence-electron chi connectivity index (χ2n) is 2.87. The Morgan fingerprint density at radius 2 is 2.29 bits per heavy atom. The Labute approximate surface area is 87.7 Å². The molecule has 0 radical (unpaired) electrons. The van der Waals surface area contributed by atoms with Gasteiger partial charge < -0.3 is 5.32 Å². The average molecular weight is 214 g/mol. The van der Waals surface area contributed by atoms with Crippen molar-refractivity contribution in [2.45, 2.75) is 19.8 Å². The van der Waals surface area contributed by atoms with Crippen LogP contribution in [0.3, 0.4) is 0 Å². The second-order valence-corrected chi connectivity index (χ2v) is 3.26. The number of carbonyl (C=O) groups is 1. The lowest BCUT2D eigenvalue weighted by atomic mass is 10.3. The average Bonchev–Trinajstić information content (AvgIpc) is 2.18. The highest BCUT2D eigenvalue weighted by atomic mass is 35.5. The molecule has 1 aromatic rings. The van der Waals surface area contributed by atoms with E-state index in [4.69, 9.17) is 11.6 Å². The number of carbonyl (C=O) groups excluding carboxylic acids is 1. The van der Waals surface area contributed by atoms with Crippen molar-refractivity contribution < 1.29 is 4.79 Å². The molecule has 0 saturated heterocycles. The van der Waals surface area contributed by atoms with E-state index in [-0.39, 0.29) is 12.3 Å². The topological polar surface area (TPSA) is 54.9 Å². The zero-order valence-electron chi connectivity index (χ0n) is 7.96. The molecule has 1 N–H and O–H groups in total. The molecule has 0 aromatic carbocycles. The first kappa shape index (κ1) is 10.9. The molecule has 14 heavy (non-hydrogen) atoms. The van der Waals surface area contributed by atoms with Gasteiger partial charge in [-0.25, -0.2) is 0 Å². The van der Waals surface area contributed by atoms with Gasteiger partial charge in [0.2, 0.25) is 5.91 Å². The SMILES string of the molecule is CCCNC(=O)Cc1ccc(Cl)nn1. The van der Waals surface area contributed by atoms with Gasteiger partial charge in [0.05, 0.1) is 12.1 Å². The van der Waals surface area contributed by atoms with Crippen LogP contribution in [-0.4, -0.2) is 22.6 Å². The Bertz CT molecular complexity index is 299. The summed E-state index contributed by atoms with van der Waals surface area (Å²) in [6, 6.07) is 3.32. The van der Waals surface area contributed by atoms with Crippen molar-refractivity contribution in [3.05, 3.63) is 23.0 Å². The number of rotatable bonds is 4. The quantitative estimate of drug-likeness (QED) is 0.818. The number of hydrogen-bond acceptors (Lipinski definition) is 3. The lowest BCUT2D eigenvalue weighted by Crippen LogP contribution is -2.26. The maximum Gasteiger partial charge on any atom is 0.226 e. The van der Waals surface area contributed by atoms with Crippen molar-refractivity contribution in [3.63, 3.8) is 0 Å². The molecule has 0 saturated carbocycles. The molecule has 4 nitrogen and oxygen atoms in total. The zero-order valence-corrected chi connectivity index (χ0v) is 8.71. The first-order valence-corrected chi connectivity index (χ1v) is 4.85. The summed E-state index contributed by atoms with van der Waals surface area (Å²) in [5.41, 5.74) is 0.628. The first-order valence-electron chi connectivity index (χ1n) is 4.47. The standard InChI is InChI=1S/C9H12ClN3O/c1-2-5-11-9(14)6-7-3-4-8(10)13-12-7/h3-4H,2,5-6H2,1H3,(H,11,14). The van der Waals surface area contributed by atoms with E-state index in [0.717, 1.165) is 6.42 Å². The molecule has 0 bridgehead atoms. The third-order valence-electron chi connectivity index (χ3n) is 1.60. The van der Waals surface area contributed by atoms with Gasteiger partial charge in [-0.3, -0.25) is 4.79 Å². The van der Waals surface area contributed by atoms with E-state index in [0.29, 0.717) is 17.4 Å². The van der Waals surface area contributed by atoms with Gasteiger partial charge in [-0.2, -0.15) is 5.10 Å². The molecule has 5 heteroatoms. The summed E-state index contributed by atoms with van der Waals surface area (Å²) in [5, 5.41) is 10.5. The van der Waals surface area contributed by atoms with Gasteiger partial charge in [0.15, 0.2) is 5.15 Å². The summed E-state index contributed by atoms with van der Waals surface area (Å²) in [5.74, 6) is -0.0385. The predicted molar refractivity (Wildman–Crippen MR) is 54.0 cm³/mol. The van der Waals surface area contributed by atoms with Gasteiger partial charge in [-0.05, 0) is 18.6 Å². The summed E-state index contributed by atoms with van der Waals surface area (Å²) in [7, 11) is 0. The minimum absolute atomic E-state index is 0.0385. The van der Waals surface area contributed by atoms with E-state index < -0.39 is 0 Å². The lowest BCUT2D eigenvalue weighted by molar-refractivity contribution is -0.120. The molecular formula is C9H12ClN3O. The molecule has 0 aliphatic carbocycles. The Kier molecular flexibility index (Phi) is 4.32. The molecule has 0 fully saturated rings. The Hall–Kier alpha value is -1.16. The van der Waals surface area contributed by atoms with E-state index in [9.17, 15) is 4.79 Å². The molecule has 76 valence electrons. The molecule has 1 rings (SSSR count). The summed E-state index contributed by atoms with van der Waals surface area (Å²) in [6.45, 7) is 2.70. The monoisotopic (exact) mass is 213 g/mol. The molecule has 0 spiro atoms. The van der Waals surface area contributed by atoms with Gasteiger partial charge in [-0.15, -0.1) is 5.10 Å². The summed E-state index contributed by atoms with van der Waals surface area (Å²) < 4.78 is 0. The van der Waals surface area contributed by atoms with Crippen molar-refractivity contribution in [2.75, 3.05) is 6.54 Å². The van der Waals surface area contributed by atoms with Crippen LogP contribution in [0.4, 0.5) is 0 Å². The normalized spacial score (nSPS) is 9.86. The number of amides is 1. The van der Waals surface area contributed by atoms with Crippen molar-refractivity contribution in [2.24, 2.45) is 0 Å². The summed E-state index contributed by atoms with van der Waals surface area (Å²) in [4.78, 5) is 11.2. The fourth-order valence-electron chi connectivity index (χ4n) is 0.929.